The van der Waals surface area contributed by atoms with Gasteiger partial charge in [-0.15, -0.1) is 0 Å². The largest absolute Gasteiger partial charge is 0.508 e. The van der Waals surface area contributed by atoms with Crippen LogP contribution in [-0.2, 0) is 51.2 Å². The third kappa shape index (κ3) is 19.0. The second-order valence-corrected chi connectivity index (χ2v) is 16.9. The molecule has 3 rings (SSSR count). The first kappa shape index (κ1) is 55.8. The van der Waals surface area contributed by atoms with Gasteiger partial charge in [-0.1, -0.05) is 26.0 Å². The van der Waals surface area contributed by atoms with Crippen molar-refractivity contribution in [1.29, 1.82) is 0 Å². The Labute approximate surface area is 399 Å². The van der Waals surface area contributed by atoms with Gasteiger partial charge in [0, 0.05) is 44.4 Å². The van der Waals surface area contributed by atoms with E-state index in [2.05, 4.69) is 57.2 Å². The molecule has 18 N–H and O–H groups in total. The number of amides is 7. The fourth-order valence-corrected chi connectivity index (χ4v) is 7.31. The third-order valence-corrected chi connectivity index (χ3v) is 10.9. The van der Waals surface area contributed by atoms with E-state index in [-0.39, 0.29) is 82.4 Å². The van der Waals surface area contributed by atoms with Gasteiger partial charge in [-0.05, 0) is 76.1 Å². The summed E-state index contributed by atoms with van der Waals surface area (Å²) in [6.07, 6.45) is 3.69. The van der Waals surface area contributed by atoms with Gasteiger partial charge in [-0.2, -0.15) is 0 Å². The lowest BCUT2D eigenvalue weighted by Gasteiger charge is -2.30. The highest BCUT2D eigenvalue weighted by molar-refractivity contribution is 5.98. The Morgan fingerprint density at radius 3 is 1.88 bits per heavy atom. The number of benzene rings is 1. The monoisotopic (exact) mass is 969 g/mol. The topological polar surface area (TPSA) is 422 Å². The fourth-order valence-electron chi connectivity index (χ4n) is 7.31. The molecule has 0 saturated carbocycles. The molecule has 26 heteroatoms. The number of H-pyrrole nitrogens is 1. The standard InChI is InChI=1S/C43H68N16O10/c1-23(2)34(58-36(63)28(54-33(61)21-48-4)8-5-15-50-42(44)45)39(66)56-30(18-25-11-13-27(60)14-12-25)37(64)55-29(9-6-16-51-43(46)47)35(62)57-31(19-26-20-49-22-52-26)40(67)59-17-7-10-32(59)38(65)53-24(3)41(68)69/h11-14,20,22-24,28-32,34,48,60H,5-10,15-19,21H2,1-4H3,(H,49,52)(H,53,65)(H,54,61)(H,55,64)(H,56,66)(H,57,62)(H,58,63)(H,68,69)(H4,44,45,50)(H4,46,47,51)/t24-,28-,29-,30-,31-,32-,34-/m0/s1. The Morgan fingerprint density at radius 1 is 0.768 bits per heavy atom. The molecule has 1 aliphatic heterocycles. The normalized spacial score (nSPS) is 15.8. The number of phenolic OH excluding ortho intramolecular Hbond substituents is 1. The quantitative estimate of drug-likeness (QED) is 0.0219. The van der Waals surface area contributed by atoms with Gasteiger partial charge >= 0.3 is 5.97 Å². The van der Waals surface area contributed by atoms with Crippen LogP contribution in [0.1, 0.15) is 70.6 Å². The van der Waals surface area contributed by atoms with Crippen molar-refractivity contribution in [3.05, 3.63) is 48.0 Å². The maximum absolute atomic E-state index is 14.5. The SMILES string of the molecule is CNCC(=O)N[C@@H](CCCN=C(N)N)C(=O)N[C@H](C(=O)N[C@@H](Cc1ccc(O)cc1)C(=O)N[C@@H](CCCN=C(N)N)C(=O)N[C@@H](Cc1cnc[nH]1)C(=O)N1CCC[C@H]1C(=O)N[C@@H](C)C(=O)O)C(C)C. The molecule has 2 heterocycles. The number of hydrogen-bond donors (Lipinski definition) is 14. The van der Waals surface area contributed by atoms with E-state index >= 15 is 0 Å². The number of nitrogens with zero attached hydrogens (tertiary/aromatic N) is 4. The second kappa shape index (κ2) is 28.0. The van der Waals surface area contributed by atoms with Gasteiger partial charge < -0.3 is 80.2 Å². The summed E-state index contributed by atoms with van der Waals surface area (Å²) in [5.41, 5.74) is 22.9. The summed E-state index contributed by atoms with van der Waals surface area (Å²) in [7, 11) is 1.56. The third-order valence-electron chi connectivity index (χ3n) is 10.9. The molecule has 69 heavy (non-hydrogen) atoms. The smallest absolute Gasteiger partial charge is 0.325 e. The average Bonchev–Trinajstić information content (AvgIpc) is 4.00. The van der Waals surface area contributed by atoms with Crippen molar-refractivity contribution in [2.45, 2.75) is 114 Å². The summed E-state index contributed by atoms with van der Waals surface area (Å²) in [6, 6.07) is -2.87. The van der Waals surface area contributed by atoms with Gasteiger partial charge in [0.15, 0.2) is 11.9 Å². The molecule has 380 valence electrons. The van der Waals surface area contributed by atoms with Crippen LogP contribution in [0.15, 0.2) is 46.8 Å². The van der Waals surface area contributed by atoms with Crippen LogP contribution in [0.25, 0.3) is 0 Å². The Kier molecular flexibility index (Phi) is 22.6. The van der Waals surface area contributed by atoms with Crippen molar-refractivity contribution < 1.29 is 48.6 Å². The zero-order valence-corrected chi connectivity index (χ0v) is 39.3. The van der Waals surface area contributed by atoms with Crippen molar-refractivity contribution in [3.63, 3.8) is 0 Å². The summed E-state index contributed by atoms with van der Waals surface area (Å²) in [6.45, 7) is 4.87. The number of likely N-dealkylation sites (tertiary alicyclic amines) is 1. The summed E-state index contributed by atoms with van der Waals surface area (Å²) < 4.78 is 0. The van der Waals surface area contributed by atoms with E-state index in [0.29, 0.717) is 24.1 Å². The number of rotatable bonds is 28. The maximum atomic E-state index is 14.5. The van der Waals surface area contributed by atoms with E-state index in [1.165, 1.54) is 48.6 Å². The molecular weight excluding hydrogens is 901 g/mol. The van der Waals surface area contributed by atoms with Crippen LogP contribution in [0.2, 0.25) is 0 Å². The van der Waals surface area contributed by atoms with Crippen LogP contribution in [0.3, 0.4) is 0 Å². The predicted octanol–water partition coefficient (Wildman–Crippen LogP) is -4.11. The number of carboxylic acid groups (broad SMARTS) is 1. The minimum Gasteiger partial charge on any atom is -0.508 e. The first-order chi connectivity index (χ1) is 32.7. The Hall–Kier alpha value is -7.51. The predicted molar refractivity (Wildman–Crippen MR) is 252 cm³/mol. The Bertz CT molecular complexity index is 2110. The van der Waals surface area contributed by atoms with Gasteiger partial charge in [0.2, 0.25) is 41.4 Å². The molecule has 7 amide bonds. The number of guanidine groups is 2. The molecule has 0 aliphatic carbocycles. The van der Waals surface area contributed by atoms with Crippen LogP contribution in [0.5, 0.6) is 5.75 Å². The van der Waals surface area contributed by atoms with Crippen molar-refractivity contribution in [3.8, 4) is 5.75 Å². The number of carbonyl (C=O) groups is 8. The minimum atomic E-state index is -1.40. The van der Waals surface area contributed by atoms with E-state index in [1.807, 2.05) is 0 Å². The highest BCUT2D eigenvalue weighted by atomic mass is 16.4. The number of aromatic nitrogens is 2. The van der Waals surface area contributed by atoms with Gasteiger partial charge in [0.05, 0.1) is 12.9 Å². The van der Waals surface area contributed by atoms with Crippen LogP contribution in [0.4, 0.5) is 0 Å². The molecule has 0 unspecified atom stereocenters. The lowest BCUT2D eigenvalue weighted by atomic mass is 9.99. The first-order valence-corrected chi connectivity index (χ1v) is 22.6. The van der Waals surface area contributed by atoms with E-state index in [1.54, 1.807) is 20.9 Å². The molecule has 26 nitrogen and oxygen atoms in total. The zero-order valence-electron chi connectivity index (χ0n) is 39.3. The summed E-state index contributed by atoms with van der Waals surface area (Å²) in [5, 5.41) is 38.0. The van der Waals surface area contributed by atoms with E-state index in [0.717, 1.165) is 0 Å². The lowest BCUT2D eigenvalue weighted by Crippen LogP contribution is -2.61. The van der Waals surface area contributed by atoms with Gasteiger partial charge in [-0.3, -0.25) is 48.3 Å². The number of aliphatic imine (C=N–C) groups is 2. The molecule has 0 radical (unpaired) electrons. The van der Waals surface area contributed by atoms with Crippen LogP contribution in [-0.4, -0.2) is 160 Å². The number of likely N-dealkylation sites (N-methyl/N-ethyl adjacent to an activating group) is 1. The lowest BCUT2D eigenvalue weighted by molar-refractivity contribution is -0.144. The number of phenols is 1. The molecule has 7 atom stereocenters. The number of aromatic amines is 1. The number of carboxylic acids is 1. The van der Waals surface area contributed by atoms with Gasteiger partial charge in [0.25, 0.3) is 0 Å². The number of aliphatic carboxylic acids is 1. The zero-order chi connectivity index (χ0) is 51.2. The van der Waals surface area contributed by atoms with E-state index in [4.69, 9.17) is 22.9 Å². The van der Waals surface area contributed by atoms with Crippen molar-refractivity contribution >= 4 is 59.2 Å². The molecule has 1 aromatic carbocycles. The summed E-state index contributed by atoms with van der Waals surface area (Å²) in [5.74, 6) is -7.19. The highest BCUT2D eigenvalue weighted by Gasteiger charge is 2.40. The maximum Gasteiger partial charge on any atom is 0.325 e. The Balaban J connectivity index is 1.96. The number of hydrogen-bond acceptors (Lipinski definition) is 13. The van der Waals surface area contributed by atoms with Crippen LogP contribution >= 0.6 is 0 Å². The molecule has 0 spiro atoms. The average molecular weight is 969 g/mol. The number of carbonyl (C=O) groups excluding carboxylic acids is 7. The second-order valence-electron chi connectivity index (χ2n) is 16.9. The van der Waals surface area contributed by atoms with Gasteiger partial charge in [0.1, 0.15) is 48.0 Å². The highest BCUT2D eigenvalue weighted by Crippen LogP contribution is 2.20. The van der Waals surface area contributed by atoms with E-state index < -0.39 is 95.5 Å². The van der Waals surface area contributed by atoms with Crippen LogP contribution < -0.4 is 60.2 Å². The number of nitrogens with one attached hydrogen (secondary N) is 8. The van der Waals surface area contributed by atoms with Crippen molar-refractivity contribution in [2.24, 2.45) is 38.8 Å². The number of imidazole rings is 1. The summed E-state index contributed by atoms with van der Waals surface area (Å²) >= 11 is 0. The van der Waals surface area contributed by atoms with E-state index in [9.17, 15) is 48.6 Å². The molecule has 1 aromatic heterocycles. The molecular formula is C43H68N16O10. The fraction of sp³-hybridized carbons (Fsp3) is 0.558. The van der Waals surface area contributed by atoms with Crippen molar-refractivity contribution in [2.75, 3.05) is 33.2 Å². The number of nitrogens with two attached hydrogens (primary N) is 4. The Morgan fingerprint density at radius 2 is 1.33 bits per heavy atom. The first-order valence-electron chi connectivity index (χ1n) is 22.6. The molecule has 2 aromatic rings. The van der Waals surface area contributed by atoms with Crippen molar-refractivity contribution in [1.82, 2.24) is 52.1 Å². The molecule has 0 bridgehead atoms. The molecule has 1 saturated heterocycles. The minimum absolute atomic E-state index is 0.0476. The molecule has 1 aliphatic rings. The number of aromatic hydroxyl groups is 1. The van der Waals surface area contributed by atoms with Gasteiger partial charge in [-0.25, -0.2) is 4.98 Å². The van der Waals surface area contributed by atoms with Crippen LogP contribution in [0, 0.1) is 5.92 Å². The summed E-state index contributed by atoms with van der Waals surface area (Å²) in [4.78, 5) is 124. The molecule has 1 fully saturated rings.